The largest absolute Gasteiger partial charge is 0.508 e. The van der Waals surface area contributed by atoms with Crippen molar-refractivity contribution in [1.82, 2.24) is 31.5 Å². The number of phenols is 1. The van der Waals surface area contributed by atoms with Crippen LogP contribution in [0.3, 0.4) is 0 Å². The second-order valence-electron chi connectivity index (χ2n) is 13.5. The van der Waals surface area contributed by atoms with Gasteiger partial charge in [0.15, 0.2) is 0 Å². The number of unbranched alkanes of at least 4 members (excludes halogenated alkanes) is 1. The Balaban J connectivity index is 1.37. The van der Waals surface area contributed by atoms with Gasteiger partial charge in [0, 0.05) is 25.9 Å². The molecule has 13 nitrogen and oxygen atoms in total. The summed E-state index contributed by atoms with van der Waals surface area (Å²) in [4.78, 5) is 70.8. The second-order valence-corrected chi connectivity index (χ2v) is 13.5. The number of aromatic hydroxyl groups is 1. The van der Waals surface area contributed by atoms with E-state index in [4.69, 9.17) is 4.74 Å². The van der Waals surface area contributed by atoms with E-state index in [-0.39, 0.29) is 37.3 Å². The molecule has 3 aromatic rings. The first-order valence-electron chi connectivity index (χ1n) is 18.5. The van der Waals surface area contributed by atoms with Crippen LogP contribution in [0.15, 0.2) is 78.9 Å². The molecule has 0 aromatic heterocycles. The van der Waals surface area contributed by atoms with E-state index in [0.29, 0.717) is 24.3 Å². The number of hydrogen-bond acceptors (Lipinski definition) is 8. The number of hydrogen-bond donors (Lipinski definition) is 6. The van der Waals surface area contributed by atoms with Crippen molar-refractivity contribution in [3.63, 3.8) is 0 Å². The van der Waals surface area contributed by atoms with Gasteiger partial charge in [0.05, 0.1) is 18.6 Å². The lowest BCUT2D eigenvalue weighted by Gasteiger charge is -2.25. The van der Waals surface area contributed by atoms with E-state index in [1.807, 2.05) is 30.3 Å². The summed E-state index contributed by atoms with van der Waals surface area (Å²) in [6.45, 7) is 3.92. The summed E-state index contributed by atoms with van der Waals surface area (Å²) in [6.07, 6.45) is 4.23. The summed E-state index contributed by atoms with van der Waals surface area (Å²) >= 11 is 0. The molecule has 0 spiro atoms. The van der Waals surface area contributed by atoms with Crippen LogP contribution in [0, 0.1) is 0 Å². The maximum Gasteiger partial charge on any atom is 0.255 e. The maximum absolute atomic E-state index is 13.9. The molecule has 3 aromatic carbocycles. The fraction of sp³-hybridized carbons (Fsp3) is 0.425. The summed E-state index contributed by atoms with van der Waals surface area (Å²) in [5.74, 6) is -2.46. The first-order valence-corrected chi connectivity index (χ1v) is 18.5. The van der Waals surface area contributed by atoms with Crippen LogP contribution in [0.25, 0.3) is 0 Å². The van der Waals surface area contributed by atoms with E-state index in [2.05, 4.69) is 31.5 Å². The molecule has 0 aliphatic carbocycles. The number of carbonyl (C=O) groups is 5. The Labute approximate surface area is 310 Å². The van der Waals surface area contributed by atoms with E-state index in [9.17, 15) is 29.1 Å². The van der Waals surface area contributed by atoms with Crippen molar-refractivity contribution in [2.24, 2.45) is 0 Å². The number of nitrogens with one attached hydrogen (secondary N) is 5. The molecule has 0 saturated carbocycles. The van der Waals surface area contributed by atoms with Crippen LogP contribution < -0.4 is 31.3 Å². The van der Waals surface area contributed by atoms with E-state index in [0.717, 1.165) is 38.0 Å². The molecule has 3 atom stereocenters. The summed E-state index contributed by atoms with van der Waals surface area (Å²) in [5, 5.41) is 23.9. The average Bonchev–Trinajstić information content (AvgIpc) is 3.68. The summed E-state index contributed by atoms with van der Waals surface area (Å²) < 4.78 is 5.93. The van der Waals surface area contributed by atoms with Gasteiger partial charge in [0.1, 0.15) is 29.6 Å². The molecular formula is C40H50N6O7. The number of ether oxygens (including phenoxy) is 1. The predicted molar refractivity (Wildman–Crippen MR) is 199 cm³/mol. The first-order chi connectivity index (χ1) is 25.7. The van der Waals surface area contributed by atoms with Crippen molar-refractivity contribution in [1.29, 1.82) is 0 Å². The summed E-state index contributed by atoms with van der Waals surface area (Å²) in [7, 11) is 0. The Kier molecular flexibility index (Phi) is 14.6. The Hall–Kier alpha value is -5.43. The zero-order valence-corrected chi connectivity index (χ0v) is 30.0. The van der Waals surface area contributed by atoms with E-state index < -0.39 is 54.1 Å². The summed E-state index contributed by atoms with van der Waals surface area (Å²) in [6, 6.07) is 18.7. The molecule has 1 fully saturated rings. The number of para-hydroxylation sites is 1. The number of phenolic OH excluding ortho intramolecular Hbond substituents is 1. The number of fused-ring (bicyclic) bond motifs is 1. The van der Waals surface area contributed by atoms with Gasteiger partial charge in [-0.3, -0.25) is 24.0 Å². The smallest absolute Gasteiger partial charge is 0.255 e. The zero-order valence-electron chi connectivity index (χ0n) is 30.0. The minimum Gasteiger partial charge on any atom is -0.508 e. The molecule has 0 unspecified atom stereocenters. The van der Waals surface area contributed by atoms with Crippen molar-refractivity contribution < 1.29 is 33.8 Å². The fourth-order valence-electron chi connectivity index (χ4n) is 6.46. The van der Waals surface area contributed by atoms with Crippen molar-refractivity contribution in [3.05, 3.63) is 95.6 Å². The molecule has 0 bridgehead atoms. The van der Waals surface area contributed by atoms with Gasteiger partial charge in [-0.05, 0) is 87.1 Å². The lowest BCUT2D eigenvalue weighted by molar-refractivity contribution is -0.133. The van der Waals surface area contributed by atoms with Crippen LogP contribution in [0.1, 0.15) is 60.0 Å². The Bertz CT molecular complexity index is 1680. The molecule has 5 rings (SSSR count). The summed E-state index contributed by atoms with van der Waals surface area (Å²) in [5.41, 5.74) is 1.66. The molecule has 5 amide bonds. The van der Waals surface area contributed by atoms with Gasteiger partial charge in [-0.15, -0.1) is 0 Å². The van der Waals surface area contributed by atoms with Crippen molar-refractivity contribution >= 4 is 29.5 Å². The number of likely N-dealkylation sites (tertiary alicyclic amines) is 1. The van der Waals surface area contributed by atoms with Crippen molar-refractivity contribution in [2.75, 3.05) is 39.3 Å². The van der Waals surface area contributed by atoms with Crippen LogP contribution >= 0.6 is 0 Å². The molecular weight excluding hydrogens is 676 g/mol. The maximum atomic E-state index is 13.9. The number of benzene rings is 3. The molecule has 2 heterocycles. The highest BCUT2D eigenvalue weighted by molar-refractivity contribution is 6.01. The normalized spacial score (nSPS) is 20.7. The Morgan fingerprint density at radius 1 is 0.774 bits per heavy atom. The molecule has 6 N–H and O–H groups in total. The molecule has 2 aliphatic heterocycles. The fourth-order valence-corrected chi connectivity index (χ4v) is 6.46. The van der Waals surface area contributed by atoms with Crippen LogP contribution in [0.2, 0.25) is 0 Å². The number of amides is 5. The Morgan fingerprint density at radius 3 is 2.21 bits per heavy atom. The average molecular weight is 727 g/mol. The monoisotopic (exact) mass is 726 g/mol. The highest BCUT2D eigenvalue weighted by Gasteiger charge is 2.31. The molecule has 13 heteroatoms. The van der Waals surface area contributed by atoms with Crippen LogP contribution in [-0.4, -0.2) is 97.0 Å². The lowest BCUT2D eigenvalue weighted by Crippen LogP contribution is -2.56. The van der Waals surface area contributed by atoms with Crippen molar-refractivity contribution in [2.45, 2.75) is 69.5 Å². The topological polar surface area (TPSA) is 178 Å². The molecule has 2 aliphatic rings. The Morgan fingerprint density at radius 2 is 1.45 bits per heavy atom. The third kappa shape index (κ3) is 12.3. The van der Waals surface area contributed by atoms with Crippen LogP contribution in [0.5, 0.6) is 11.5 Å². The quantitative estimate of drug-likeness (QED) is 0.172. The number of nitrogens with zero attached hydrogens (tertiary/aromatic N) is 1. The van der Waals surface area contributed by atoms with E-state index >= 15 is 0 Å². The van der Waals surface area contributed by atoms with E-state index in [1.54, 1.807) is 36.4 Å². The molecule has 1 saturated heterocycles. The van der Waals surface area contributed by atoms with Crippen molar-refractivity contribution in [3.8, 4) is 11.5 Å². The molecule has 53 heavy (non-hydrogen) atoms. The van der Waals surface area contributed by atoms with E-state index in [1.165, 1.54) is 25.0 Å². The highest BCUT2D eigenvalue weighted by atomic mass is 16.5. The molecule has 282 valence electrons. The minimum absolute atomic E-state index is 0.0302. The number of rotatable bonds is 10. The first kappa shape index (κ1) is 38.8. The SMILES string of the molecule is O=C1C[C@@H](C(=O)NCCCCN2CCCC2)NC(=O)c2ccccc2OCCCNC(=O)[C@H](Cc2ccccc2)NC(=O)[C@H](Cc2ccc(O)cc2)N1. The second kappa shape index (κ2) is 20.0. The lowest BCUT2D eigenvalue weighted by atomic mass is 10.0. The third-order valence-corrected chi connectivity index (χ3v) is 9.36. The van der Waals surface area contributed by atoms with Gasteiger partial charge < -0.3 is 41.3 Å². The van der Waals surface area contributed by atoms with Crippen LogP contribution in [0.4, 0.5) is 0 Å². The van der Waals surface area contributed by atoms with Gasteiger partial charge in [-0.1, -0.05) is 54.6 Å². The van der Waals surface area contributed by atoms with Gasteiger partial charge >= 0.3 is 0 Å². The predicted octanol–water partition coefficient (Wildman–Crippen LogP) is 2.23. The molecule has 0 radical (unpaired) electrons. The number of carbonyl (C=O) groups excluding carboxylic acids is 5. The van der Waals surface area contributed by atoms with Gasteiger partial charge in [-0.25, -0.2) is 0 Å². The van der Waals surface area contributed by atoms with Gasteiger partial charge in [-0.2, -0.15) is 0 Å². The van der Waals surface area contributed by atoms with Gasteiger partial charge in [0.25, 0.3) is 5.91 Å². The highest BCUT2D eigenvalue weighted by Crippen LogP contribution is 2.19. The zero-order chi connectivity index (χ0) is 37.4. The van der Waals surface area contributed by atoms with Gasteiger partial charge in [0.2, 0.25) is 23.6 Å². The standard InChI is InChI=1S/C40H50N6O7/c47-30-17-15-29(16-18-30)26-33-40(52)45-32(25-28-11-2-1-3-12-28)38(50)42-20-10-24-53-35-14-5-4-13-31(35)37(49)44-34(27-36(48)43-33)39(51)41-19-6-7-21-46-22-8-9-23-46/h1-5,11-18,32-34,47H,6-10,19-27H2,(H,41,51)(H,42,50)(H,43,48)(H,44,49)(H,45,52)/t32-,33-,34-/m0/s1. The minimum atomic E-state index is -1.26. The van der Waals surface area contributed by atoms with Crippen LogP contribution in [-0.2, 0) is 32.0 Å². The third-order valence-electron chi connectivity index (χ3n) is 9.36.